The van der Waals surface area contributed by atoms with Crippen molar-refractivity contribution in [3.8, 4) is 10.6 Å². The van der Waals surface area contributed by atoms with Gasteiger partial charge in [0.1, 0.15) is 11.5 Å². The fraction of sp³-hybridized carbons (Fsp3) is 0.467. The van der Waals surface area contributed by atoms with Crippen LogP contribution in [-0.2, 0) is 6.54 Å². The molecule has 0 aliphatic rings. The van der Waals surface area contributed by atoms with Gasteiger partial charge in [-0.1, -0.05) is 38.7 Å². The summed E-state index contributed by atoms with van der Waals surface area (Å²) in [6, 6.07) is 3.92. The minimum absolute atomic E-state index is 0.485. The van der Waals surface area contributed by atoms with Crippen molar-refractivity contribution in [2.24, 2.45) is 0 Å². The fourth-order valence-corrected chi connectivity index (χ4v) is 2.96. The molecule has 0 radical (unpaired) electrons. The number of rotatable bonds is 8. The zero-order valence-electron chi connectivity index (χ0n) is 11.8. The number of hydrogen-bond donors (Lipinski definition) is 1. The number of unbranched alkanes of at least 4 members (excludes halogenated alkanes) is 4. The summed E-state index contributed by atoms with van der Waals surface area (Å²) in [5, 5.41) is 6.49. The van der Waals surface area contributed by atoms with Crippen molar-refractivity contribution in [1.29, 1.82) is 0 Å². The molecular weight excluding hydrogens is 270 g/mol. The molecule has 0 aromatic carbocycles. The summed E-state index contributed by atoms with van der Waals surface area (Å²) < 4.78 is 1.77. The number of nitrogen functional groups attached to an aromatic ring is 1. The Hall–Kier alpha value is -1.62. The van der Waals surface area contributed by atoms with Crippen molar-refractivity contribution in [3.05, 3.63) is 23.1 Å². The zero-order chi connectivity index (χ0) is 14.4. The third kappa shape index (κ3) is 3.28. The van der Waals surface area contributed by atoms with E-state index in [2.05, 4.69) is 12.0 Å². The van der Waals surface area contributed by atoms with Crippen LogP contribution in [0.5, 0.6) is 0 Å². The monoisotopic (exact) mass is 291 g/mol. The molecule has 0 atom stereocenters. The van der Waals surface area contributed by atoms with Crippen LogP contribution in [0, 0.1) is 0 Å². The minimum Gasteiger partial charge on any atom is -0.383 e. The van der Waals surface area contributed by atoms with Gasteiger partial charge in [0.05, 0.1) is 10.4 Å². The minimum atomic E-state index is 0.485. The summed E-state index contributed by atoms with van der Waals surface area (Å²) >= 11 is 1.57. The number of aldehydes is 1. The number of carbonyl (C=O) groups excluding carboxylic acids is 1. The van der Waals surface area contributed by atoms with Gasteiger partial charge in [0.25, 0.3) is 0 Å². The predicted octanol–water partition coefficient (Wildman–Crippen LogP) is 3.98. The maximum Gasteiger partial charge on any atom is 0.156 e. The summed E-state index contributed by atoms with van der Waals surface area (Å²) in [6.07, 6.45) is 6.79. The van der Waals surface area contributed by atoms with Crippen molar-refractivity contribution in [3.63, 3.8) is 0 Å². The maximum absolute atomic E-state index is 11.2. The molecule has 0 unspecified atom stereocenters. The SMILES string of the molecule is CCCCCCCn1nc(-c2cccs2)c(C=O)c1N. The van der Waals surface area contributed by atoms with Gasteiger partial charge in [0.2, 0.25) is 0 Å². The number of anilines is 1. The van der Waals surface area contributed by atoms with Gasteiger partial charge in [-0.3, -0.25) is 4.79 Å². The number of hydrogen-bond acceptors (Lipinski definition) is 4. The van der Waals surface area contributed by atoms with Gasteiger partial charge in [0, 0.05) is 6.54 Å². The van der Waals surface area contributed by atoms with Gasteiger partial charge < -0.3 is 5.73 Å². The molecule has 0 saturated heterocycles. The smallest absolute Gasteiger partial charge is 0.156 e. The van der Waals surface area contributed by atoms with Crippen LogP contribution >= 0.6 is 11.3 Å². The molecule has 108 valence electrons. The summed E-state index contributed by atoms with van der Waals surface area (Å²) in [5.74, 6) is 0.485. The highest BCUT2D eigenvalue weighted by atomic mass is 32.1. The van der Waals surface area contributed by atoms with Crippen LogP contribution in [-0.4, -0.2) is 16.1 Å². The van der Waals surface area contributed by atoms with Crippen LogP contribution in [0.15, 0.2) is 17.5 Å². The van der Waals surface area contributed by atoms with E-state index in [1.54, 1.807) is 16.0 Å². The third-order valence-electron chi connectivity index (χ3n) is 3.38. The van der Waals surface area contributed by atoms with Crippen molar-refractivity contribution in [2.45, 2.75) is 45.6 Å². The van der Waals surface area contributed by atoms with E-state index in [0.717, 1.165) is 24.1 Å². The fourth-order valence-electron chi connectivity index (χ4n) is 2.24. The normalized spacial score (nSPS) is 10.8. The zero-order valence-corrected chi connectivity index (χ0v) is 12.7. The summed E-state index contributed by atoms with van der Waals surface area (Å²) in [7, 11) is 0. The number of aromatic nitrogens is 2. The highest BCUT2D eigenvalue weighted by Gasteiger charge is 2.16. The lowest BCUT2D eigenvalue weighted by Crippen LogP contribution is -2.05. The molecule has 2 aromatic rings. The van der Waals surface area contributed by atoms with E-state index < -0.39 is 0 Å². The third-order valence-corrected chi connectivity index (χ3v) is 4.25. The Kier molecular flexibility index (Phi) is 5.35. The first-order valence-electron chi connectivity index (χ1n) is 7.13. The molecule has 0 aliphatic carbocycles. The van der Waals surface area contributed by atoms with Gasteiger partial charge in [-0.25, -0.2) is 4.68 Å². The van der Waals surface area contributed by atoms with E-state index in [9.17, 15) is 4.79 Å². The van der Waals surface area contributed by atoms with E-state index in [1.165, 1.54) is 25.7 Å². The van der Waals surface area contributed by atoms with Gasteiger partial charge >= 0.3 is 0 Å². The molecule has 0 aliphatic heterocycles. The van der Waals surface area contributed by atoms with Gasteiger partial charge in [0.15, 0.2) is 6.29 Å². The average molecular weight is 291 g/mol. The number of aryl methyl sites for hydroxylation is 1. The van der Waals surface area contributed by atoms with Crippen molar-refractivity contribution in [1.82, 2.24) is 9.78 Å². The van der Waals surface area contributed by atoms with Gasteiger partial charge in [-0.15, -0.1) is 11.3 Å². The topological polar surface area (TPSA) is 60.9 Å². The molecular formula is C15H21N3OS. The number of nitrogens with zero attached hydrogens (tertiary/aromatic N) is 2. The quantitative estimate of drug-likeness (QED) is 0.591. The second kappa shape index (κ2) is 7.24. The highest BCUT2D eigenvalue weighted by Crippen LogP contribution is 2.29. The largest absolute Gasteiger partial charge is 0.383 e. The lowest BCUT2D eigenvalue weighted by atomic mass is 10.1. The highest BCUT2D eigenvalue weighted by molar-refractivity contribution is 7.13. The molecule has 0 saturated carbocycles. The number of carbonyl (C=O) groups is 1. The van der Waals surface area contributed by atoms with E-state index in [0.29, 0.717) is 17.1 Å². The van der Waals surface area contributed by atoms with E-state index >= 15 is 0 Å². The van der Waals surface area contributed by atoms with Crippen LogP contribution in [0.4, 0.5) is 5.82 Å². The molecule has 2 rings (SSSR count). The van der Waals surface area contributed by atoms with Gasteiger partial charge in [-0.2, -0.15) is 5.10 Å². The molecule has 2 aromatic heterocycles. The Morgan fingerprint density at radius 1 is 1.35 bits per heavy atom. The Bertz CT molecular complexity index is 546. The van der Waals surface area contributed by atoms with Crippen molar-refractivity contribution < 1.29 is 4.79 Å². The predicted molar refractivity (Wildman–Crippen MR) is 84.1 cm³/mol. The Morgan fingerprint density at radius 2 is 2.15 bits per heavy atom. The second-order valence-electron chi connectivity index (χ2n) is 4.88. The maximum atomic E-state index is 11.2. The van der Waals surface area contributed by atoms with Crippen LogP contribution in [0.25, 0.3) is 10.6 Å². The van der Waals surface area contributed by atoms with Crippen LogP contribution in [0.2, 0.25) is 0 Å². The molecule has 2 heterocycles. The van der Waals surface area contributed by atoms with Crippen LogP contribution < -0.4 is 5.73 Å². The molecule has 5 heteroatoms. The summed E-state index contributed by atoms with van der Waals surface area (Å²) in [5.41, 5.74) is 7.26. The number of thiophene rings is 1. The second-order valence-corrected chi connectivity index (χ2v) is 5.83. The lowest BCUT2D eigenvalue weighted by Gasteiger charge is -2.03. The van der Waals surface area contributed by atoms with E-state index in [1.807, 2.05) is 17.5 Å². The summed E-state index contributed by atoms with van der Waals surface area (Å²) in [6.45, 7) is 2.98. The molecule has 4 nitrogen and oxygen atoms in total. The Morgan fingerprint density at radius 3 is 2.80 bits per heavy atom. The first kappa shape index (κ1) is 14.8. The Balaban J connectivity index is 2.08. The van der Waals surface area contributed by atoms with E-state index in [4.69, 9.17) is 5.73 Å². The van der Waals surface area contributed by atoms with Crippen molar-refractivity contribution >= 4 is 23.4 Å². The molecule has 0 amide bonds. The molecule has 0 fully saturated rings. The van der Waals surface area contributed by atoms with Crippen LogP contribution in [0.3, 0.4) is 0 Å². The Labute approximate surface area is 123 Å². The van der Waals surface area contributed by atoms with Gasteiger partial charge in [-0.05, 0) is 17.9 Å². The molecule has 20 heavy (non-hydrogen) atoms. The molecule has 0 spiro atoms. The number of nitrogens with two attached hydrogens (primary N) is 1. The molecule has 2 N–H and O–H groups in total. The van der Waals surface area contributed by atoms with Crippen LogP contribution in [0.1, 0.15) is 49.4 Å². The first-order valence-corrected chi connectivity index (χ1v) is 8.01. The van der Waals surface area contributed by atoms with E-state index in [-0.39, 0.29) is 0 Å². The lowest BCUT2D eigenvalue weighted by molar-refractivity contribution is 0.112. The van der Waals surface area contributed by atoms with Crippen molar-refractivity contribution in [2.75, 3.05) is 5.73 Å². The standard InChI is InChI=1S/C15H21N3OS/c1-2-3-4-5-6-9-18-15(16)12(11-19)14(17-18)13-8-7-10-20-13/h7-8,10-11H,2-6,9,16H2,1H3. The average Bonchev–Trinajstić information content (AvgIpc) is 3.07. The summed E-state index contributed by atoms with van der Waals surface area (Å²) in [4.78, 5) is 12.2. The first-order chi connectivity index (χ1) is 9.77. The molecule has 0 bridgehead atoms.